The smallest absolute Gasteiger partial charge is 0.255 e. The number of rotatable bonds is 7. The van der Waals surface area contributed by atoms with Gasteiger partial charge in [-0.1, -0.05) is 24.3 Å². The summed E-state index contributed by atoms with van der Waals surface area (Å²) in [6.45, 7) is 4.57. The Kier molecular flexibility index (Phi) is 6.32. The second kappa shape index (κ2) is 9.85. The average molecular weight is 443 g/mol. The predicted molar refractivity (Wildman–Crippen MR) is 126 cm³/mol. The summed E-state index contributed by atoms with van der Waals surface area (Å²) in [5.41, 5.74) is 4.19. The molecule has 0 aliphatic carbocycles. The van der Waals surface area contributed by atoms with Crippen molar-refractivity contribution in [2.24, 2.45) is 0 Å². The quantitative estimate of drug-likeness (QED) is 0.469. The lowest BCUT2D eigenvalue weighted by Gasteiger charge is -2.26. The van der Waals surface area contributed by atoms with Gasteiger partial charge in [-0.2, -0.15) is 0 Å². The van der Waals surface area contributed by atoms with Crippen LogP contribution in [0, 0.1) is 0 Å². The number of fused-ring (bicyclic) bond motifs is 1. The van der Waals surface area contributed by atoms with Gasteiger partial charge in [0.05, 0.1) is 18.9 Å². The number of carbonyl (C=O) groups is 1. The average Bonchev–Trinajstić information content (AvgIpc) is 3.27. The number of pyridine rings is 1. The maximum Gasteiger partial charge on any atom is 0.255 e. The van der Waals surface area contributed by atoms with Gasteiger partial charge < -0.3 is 19.2 Å². The lowest BCUT2D eigenvalue weighted by atomic mass is 10.1. The van der Waals surface area contributed by atoms with Gasteiger partial charge in [0.15, 0.2) is 0 Å². The molecule has 7 nitrogen and oxygen atoms in total. The van der Waals surface area contributed by atoms with Crippen LogP contribution in [0.1, 0.15) is 21.6 Å². The Hall–Kier alpha value is -3.68. The van der Waals surface area contributed by atoms with Crippen molar-refractivity contribution in [1.29, 1.82) is 0 Å². The second-order valence-corrected chi connectivity index (χ2v) is 8.06. The highest BCUT2D eigenvalue weighted by Gasteiger charge is 2.12. The van der Waals surface area contributed by atoms with Crippen LogP contribution in [-0.4, -0.2) is 46.5 Å². The number of hydrogen-bond acceptors (Lipinski definition) is 5. The van der Waals surface area contributed by atoms with E-state index in [4.69, 9.17) is 9.47 Å². The molecule has 0 radical (unpaired) electrons. The van der Waals surface area contributed by atoms with E-state index in [1.54, 1.807) is 12.1 Å². The number of carbonyl (C=O) groups excluding carboxylic acids is 1. The van der Waals surface area contributed by atoms with E-state index >= 15 is 0 Å². The number of anilines is 1. The van der Waals surface area contributed by atoms with Gasteiger partial charge in [0.1, 0.15) is 18.0 Å². The number of ether oxygens (including phenoxy) is 2. The summed E-state index contributed by atoms with van der Waals surface area (Å²) >= 11 is 0. The summed E-state index contributed by atoms with van der Waals surface area (Å²) in [4.78, 5) is 19.7. The van der Waals surface area contributed by atoms with Crippen molar-refractivity contribution in [1.82, 2.24) is 14.3 Å². The van der Waals surface area contributed by atoms with Gasteiger partial charge in [-0.05, 0) is 48.0 Å². The number of benzene rings is 2. The van der Waals surface area contributed by atoms with Gasteiger partial charge in [-0.25, -0.2) is 4.98 Å². The SMILES string of the molecule is O=C(Nc1cccc(CN2CCOCC2)c1)c1cccc(OCc2cn3ccccc3n2)c1. The lowest BCUT2D eigenvalue weighted by Crippen LogP contribution is -2.35. The van der Waals surface area contributed by atoms with E-state index in [1.165, 1.54) is 5.56 Å². The van der Waals surface area contributed by atoms with E-state index in [0.29, 0.717) is 17.9 Å². The molecule has 1 fully saturated rings. The van der Waals surface area contributed by atoms with Gasteiger partial charge in [0, 0.05) is 43.3 Å². The van der Waals surface area contributed by atoms with Crippen molar-refractivity contribution >= 4 is 17.2 Å². The molecule has 1 aliphatic rings. The molecule has 0 spiro atoms. The Bertz CT molecular complexity index is 1210. The fraction of sp³-hybridized carbons (Fsp3) is 0.231. The van der Waals surface area contributed by atoms with Crippen LogP contribution in [0.4, 0.5) is 5.69 Å². The van der Waals surface area contributed by atoms with Crippen LogP contribution in [0.2, 0.25) is 0 Å². The zero-order chi connectivity index (χ0) is 22.5. The molecule has 3 heterocycles. The van der Waals surface area contributed by atoms with Crippen LogP contribution in [0.5, 0.6) is 5.75 Å². The lowest BCUT2D eigenvalue weighted by molar-refractivity contribution is 0.0342. The third-order valence-electron chi connectivity index (χ3n) is 5.59. The van der Waals surface area contributed by atoms with Crippen LogP contribution in [0.25, 0.3) is 5.65 Å². The molecule has 4 aromatic rings. The summed E-state index contributed by atoms with van der Waals surface area (Å²) in [5, 5.41) is 3.00. The largest absolute Gasteiger partial charge is 0.487 e. The summed E-state index contributed by atoms with van der Waals surface area (Å²) in [6, 6.07) is 21.0. The van der Waals surface area contributed by atoms with Crippen molar-refractivity contribution < 1.29 is 14.3 Å². The van der Waals surface area contributed by atoms with E-state index in [-0.39, 0.29) is 5.91 Å². The van der Waals surface area contributed by atoms with E-state index in [2.05, 4.69) is 21.3 Å². The third-order valence-corrected chi connectivity index (χ3v) is 5.59. The zero-order valence-electron chi connectivity index (χ0n) is 18.3. The molecule has 1 N–H and O–H groups in total. The van der Waals surface area contributed by atoms with Crippen molar-refractivity contribution in [3.63, 3.8) is 0 Å². The molecule has 0 saturated carbocycles. The molecular formula is C26H26N4O3. The van der Waals surface area contributed by atoms with Crippen molar-refractivity contribution in [3.05, 3.63) is 95.9 Å². The first-order chi connectivity index (χ1) is 16.2. The molecule has 1 amide bonds. The van der Waals surface area contributed by atoms with Gasteiger partial charge >= 0.3 is 0 Å². The summed E-state index contributed by atoms with van der Waals surface area (Å²) in [7, 11) is 0. The van der Waals surface area contributed by atoms with Crippen LogP contribution in [0.3, 0.4) is 0 Å². The molecule has 5 rings (SSSR count). The highest BCUT2D eigenvalue weighted by Crippen LogP contribution is 2.18. The maximum atomic E-state index is 12.8. The number of imidazole rings is 1. The first-order valence-electron chi connectivity index (χ1n) is 11.1. The molecule has 0 atom stereocenters. The molecule has 168 valence electrons. The fourth-order valence-electron chi connectivity index (χ4n) is 3.91. The monoisotopic (exact) mass is 442 g/mol. The Labute approximate surface area is 192 Å². The van der Waals surface area contributed by atoms with Crippen molar-refractivity contribution in [3.8, 4) is 5.75 Å². The minimum atomic E-state index is -0.170. The van der Waals surface area contributed by atoms with Crippen molar-refractivity contribution in [2.45, 2.75) is 13.2 Å². The predicted octanol–water partition coefficient (Wildman–Crippen LogP) is 4.00. The van der Waals surface area contributed by atoms with E-state index in [9.17, 15) is 4.79 Å². The number of hydrogen-bond donors (Lipinski definition) is 1. The van der Waals surface area contributed by atoms with E-state index in [1.807, 2.05) is 65.3 Å². The Balaban J connectivity index is 1.21. The number of morpholine rings is 1. The van der Waals surface area contributed by atoms with Crippen LogP contribution in [0.15, 0.2) is 79.1 Å². The molecule has 0 bridgehead atoms. The topological polar surface area (TPSA) is 68.1 Å². The van der Waals surface area contributed by atoms with Crippen LogP contribution in [-0.2, 0) is 17.9 Å². The Morgan fingerprint density at radius 2 is 1.91 bits per heavy atom. The normalized spacial score (nSPS) is 14.3. The highest BCUT2D eigenvalue weighted by molar-refractivity contribution is 6.04. The molecule has 2 aromatic heterocycles. The number of amides is 1. The zero-order valence-corrected chi connectivity index (χ0v) is 18.3. The number of aromatic nitrogens is 2. The van der Waals surface area contributed by atoms with Gasteiger partial charge in [0.25, 0.3) is 5.91 Å². The standard InChI is InChI=1S/C26H26N4O3/c31-26(28-22-7-3-5-20(15-22)17-29-11-13-32-14-12-29)21-6-4-8-24(16-21)33-19-23-18-30-10-2-1-9-25(30)27-23/h1-10,15-16,18H,11-14,17,19H2,(H,28,31). The highest BCUT2D eigenvalue weighted by atomic mass is 16.5. The Morgan fingerprint density at radius 3 is 2.79 bits per heavy atom. The number of nitrogens with zero attached hydrogens (tertiary/aromatic N) is 3. The summed E-state index contributed by atoms with van der Waals surface area (Å²) < 4.78 is 13.3. The fourth-order valence-corrected chi connectivity index (χ4v) is 3.91. The Morgan fingerprint density at radius 1 is 1.03 bits per heavy atom. The van der Waals surface area contributed by atoms with E-state index in [0.717, 1.165) is 49.9 Å². The molecule has 2 aromatic carbocycles. The molecule has 7 heteroatoms. The molecule has 1 saturated heterocycles. The van der Waals surface area contributed by atoms with E-state index < -0.39 is 0 Å². The van der Waals surface area contributed by atoms with Gasteiger partial charge in [-0.3, -0.25) is 9.69 Å². The van der Waals surface area contributed by atoms with Gasteiger partial charge in [-0.15, -0.1) is 0 Å². The van der Waals surface area contributed by atoms with Crippen molar-refractivity contribution in [2.75, 3.05) is 31.6 Å². The van der Waals surface area contributed by atoms with Crippen LogP contribution < -0.4 is 10.1 Å². The van der Waals surface area contributed by atoms with Crippen LogP contribution >= 0.6 is 0 Å². The maximum absolute atomic E-state index is 12.8. The first-order valence-corrected chi connectivity index (χ1v) is 11.1. The number of nitrogens with one attached hydrogen (secondary N) is 1. The second-order valence-electron chi connectivity index (χ2n) is 8.06. The minimum absolute atomic E-state index is 0.170. The molecule has 33 heavy (non-hydrogen) atoms. The molecule has 0 unspecified atom stereocenters. The summed E-state index contributed by atoms with van der Waals surface area (Å²) in [6.07, 6.45) is 3.89. The molecule has 1 aliphatic heterocycles. The first kappa shape index (κ1) is 21.2. The van der Waals surface area contributed by atoms with Gasteiger partial charge in [0.2, 0.25) is 0 Å². The minimum Gasteiger partial charge on any atom is -0.487 e. The third kappa shape index (κ3) is 5.39. The summed E-state index contributed by atoms with van der Waals surface area (Å²) in [5.74, 6) is 0.456. The molecular weight excluding hydrogens is 416 g/mol.